The van der Waals surface area contributed by atoms with Crippen LogP contribution in [0, 0.1) is 20.8 Å². The van der Waals surface area contributed by atoms with Gasteiger partial charge in [-0.1, -0.05) is 48.0 Å². The van der Waals surface area contributed by atoms with Crippen LogP contribution < -0.4 is 10.2 Å². The number of nitrogens with zero attached hydrogens (tertiary/aromatic N) is 1. The predicted octanol–water partition coefficient (Wildman–Crippen LogP) is 5.43. The van der Waals surface area contributed by atoms with Gasteiger partial charge in [0, 0.05) is 30.0 Å². The van der Waals surface area contributed by atoms with E-state index in [1.807, 2.05) is 26.0 Å². The molecule has 0 aliphatic carbocycles. The van der Waals surface area contributed by atoms with Crippen LogP contribution in [-0.4, -0.2) is 12.5 Å². The third kappa shape index (κ3) is 3.65. The molecule has 0 spiro atoms. The lowest BCUT2D eigenvalue weighted by Crippen LogP contribution is -2.19. The number of hydrogen-bond acceptors (Lipinski definition) is 2. The number of hydrogen-bond donors (Lipinski definition) is 1. The number of rotatable bonds is 4. The Bertz CT molecular complexity index is 998. The van der Waals surface area contributed by atoms with E-state index in [9.17, 15) is 4.79 Å². The Morgan fingerprint density at radius 2 is 1.64 bits per heavy atom. The molecule has 3 aromatic carbocycles. The Hall–Kier alpha value is -3.07. The lowest BCUT2D eigenvalue weighted by Gasteiger charge is -2.19. The second kappa shape index (κ2) is 7.51. The van der Waals surface area contributed by atoms with E-state index >= 15 is 0 Å². The molecule has 0 unspecified atom stereocenters. The van der Waals surface area contributed by atoms with Crippen molar-refractivity contribution >= 4 is 17.3 Å². The van der Waals surface area contributed by atoms with E-state index < -0.39 is 0 Å². The molecule has 0 bridgehead atoms. The van der Waals surface area contributed by atoms with E-state index in [0.717, 1.165) is 36.3 Å². The van der Waals surface area contributed by atoms with Crippen LogP contribution in [0.15, 0.2) is 60.7 Å². The highest BCUT2D eigenvalue weighted by Crippen LogP contribution is 2.29. The third-order valence-corrected chi connectivity index (χ3v) is 5.49. The van der Waals surface area contributed by atoms with Gasteiger partial charge in [0.2, 0.25) is 0 Å². The van der Waals surface area contributed by atoms with E-state index in [-0.39, 0.29) is 5.91 Å². The summed E-state index contributed by atoms with van der Waals surface area (Å²) in [5.74, 6) is -0.0619. The van der Waals surface area contributed by atoms with Crippen molar-refractivity contribution < 1.29 is 4.79 Å². The van der Waals surface area contributed by atoms with Crippen LogP contribution in [-0.2, 0) is 13.0 Å². The van der Waals surface area contributed by atoms with Crippen molar-refractivity contribution in [2.45, 2.75) is 33.7 Å². The molecule has 0 saturated heterocycles. The molecule has 0 radical (unpaired) electrons. The number of benzene rings is 3. The number of carbonyl (C=O) groups is 1. The maximum atomic E-state index is 12.7. The molecule has 142 valence electrons. The molecule has 0 saturated carbocycles. The molecule has 28 heavy (non-hydrogen) atoms. The molecule has 0 fully saturated rings. The maximum absolute atomic E-state index is 12.7. The minimum atomic E-state index is -0.0619. The molecule has 0 atom stereocenters. The normalized spacial score (nSPS) is 12.8. The maximum Gasteiger partial charge on any atom is 0.255 e. The van der Waals surface area contributed by atoms with Crippen molar-refractivity contribution in [2.24, 2.45) is 0 Å². The highest BCUT2D eigenvalue weighted by Gasteiger charge is 2.18. The van der Waals surface area contributed by atoms with Gasteiger partial charge in [0.05, 0.1) is 0 Å². The van der Waals surface area contributed by atoms with Crippen LogP contribution in [0.25, 0.3) is 0 Å². The molecule has 1 aliphatic rings. The van der Waals surface area contributed by atoms with E-state index in [4.69, 9.17) is 0 Å². The molecule has 1 heterocycles. The van der Waals surface area contributed by atoms with Crippen LogP contribution in [0.4, 0.5) is 11.4 Å². The molecule has 0 aromatic heterocycles. The summed E-state index contributed by atoms with van der Waals surface area (Å²) in [6.07, 6.45) is 1.10. The Morgan fingerprint density at radius 3 is 2.36 bits per heavy atom. The molecule has 3 aromatic rings. The molecule has 1 aliphatic heterocycles. The number of carbonyl (C=O) groups excluding carboxylic acids is 1. The van der Waals surface area contributed by atoms with Crippen molar-refractivity contribution in [1.82, 2.24) is 0 Å². The van der Waals surface area contributed by atoms with Gasteiger partial charge in [-0.15, -0.1) is 0 Å². The lowest BCUT2D eigenvalue weighted by atomic mass is 10.0. The zero-order chi connectivity index (χ0) is 19.7. The van der Waals surface area contributed by atoms with Crippen molar-refractivity contribution in [3.05, 3.63) is 94.0 Å². The van der Waals surface area contributed by atoms with E-state index in [0.29, 0.717) is 5.56 Å². The predicted molar refractivity (Wildman–Crippen MR) is 116 cm³/mol. The Morgan fingerprint density at radius 1 is 0.964 bits per heavy atom. The van der Waals surface area contributed by atoms with Gasteiger partial charge in [-0.25, -0.2) is 0 Å². The lowest BCUT2D eigenvalue weighted by molar-refractivity contribution is 0.102. The molecular formula is C25H26N2O. The largest absolute Gasteiger partial charge is 0.367 e. The topological polar surface area (TPSA) is 32.3 Å². The number of para-hydroxylation sites is 1. The summed E-state index contributed by atoms with van der Waals surface area (Å²) in [4.78, 5) is 15.1. The average Bonchev–Trinajstić information content (AvgIpc) is 3.08. The van der Waals surface area contributed by atoms with Crippen molar-refractivity contribution in [2.75, 3.05) is 16.8 Å². The molecule has 1 N–H and O–H groups in total. The number of fused-ring (bicyclic) bond motifs is 1. The first-order chi connectivity index (χ1) is 13.5. The SMILES string of the molecule is Cc1cc(C)c(NC(=O)c2ccc(CN3CCc4ccccc43)cc2)c(C)c1. The summed E-state index contributed by atoms with van der Waals surface area (Å²) in [5.41, 5.74) is 8.96. The molecule has 3 heteroatoms. The number of nitrogens with one attached hydrogen (secondary N) is 1. The van der Waals surface area contributed by atoms with Crippen molar-refractivity contribution in [3.8, 4) is 0 Å². The van der Waals surface area contributed by atoms with Gasteiger partial charge in [0.25, 0.3) is 5.91 Å². The van der Waals surface area contributed by atoms with Crippen LogP contribution in [0.2, 0.25) is 0 Å². The smallest absolute Gasteiger partial charge is 0.255 e. The highest BCUT2D eigenvalue weighted by atomic mass is 16.1. The molecule has 1 amide bonds. The van der Waals surface area contributed by atoms with Gasteiger partial charge in [-0.2, -0.15) is 0 Å². The first-order valence-electron chi connectivity index (χ1n) is 9.82. The van der Waals surface area contributed by atoms with Crippen LogP contribution >= 0.6 is 0 Å². The molecule has 3 nitrogen and oxygen atoms in total. The fraction of sp³-hybridized carbons (Fsp3) is 0.240. The second-order valence-corrected chi connectivity index (χ2v) is 7.73. The quantitative estimate of drug-likeness (QED) is 0.664. The fourth-order valence-electron chi connectivity index (χ4n) is 4.12. The number of anilines is 2. The zero-order valence-corrected chi connectivity index (χ0v) is 16.8. The number of amides is 1. The van der Waals surface area contributed by atoms with Gasteiger partial charge < -0.3 is 10.2 Å². The fourth-order valence-corrected chi connectivity index (χ4v) is 4.12. The third-order valence-electron chi connectivity index (χ3n) is 5.49. The molecular weight excluding hydrogens is 344 g/mol. The number of aryl methyl sites for hydroxylation is 3. The first kappa shape index (κ1) is 18.3. The van der Waals surface area contributed by atoms with Gasteiger partial charge in [0.15, 0.2) is 0 Å². The van der Waals surface area contributed by atoms with Crippen molar-refractivity contribution in [3.63, 3.8) is 0 Å². The van der Waals surface area contributed by atoms with E-state index in [1.165, 1.54) is 22.4 Å². The van der Waals surface area contributed by atoms with Crippen LogP contribution in [0.3, 0.4) is 0 Å². The summed E-state index contributed by atoms with van der Waals surface area (Å²) < 4.78 is 0. The van der Waals surface area contributed by atoms with E-state index in [1.54, 1.807) is 0 Å². The van der Waals surface area contributed by atoms with Crippen LogP contribution in [0.5, 0.6) is 0 Å². The van der Waals surface area contributed by atoms with Gasteiger partial charge in [-0.3, -0.25) is 4.79 Å². The first-order valence-corrected chi connectivity index (χ1v) is 9.82. The van der Waals surface area contributed by atoms with Gasteiger partial charge >= 0.3 is 0 Å². The standard InChI is InChI=1S/C25H26N2O/c1-17-14-18(2)24(19(3)15-17)26-25(28)22-10-8-20(9-11-22)16-27-13-12-21-6-4-5-7-23(21)27/h4-11,14-15H,12-13,16H2,1-3H3,(H,26,28). The monoisotopic (exact) mass is 370 g/mol. The minimum Gasteiger partial charge on any atom is -0.367 e. The van der Waals surface area contributed by atoms with Crippen LogP contribution in [0.1, 0.15) is 38.2 Å². The summed E-state index contributed by atoms with van der Waals surface area (Å²) in [5, 5.41) is 3.08. The summed E-state index contributed by atoms with van der Waals surface area (Å²) in [6.45, 7) is 8.06. The van der Waals surface area contributed by atoms with Gasteiger partial charge in [-0.05, 0) is 67.6 Å². The Balaban J connectivity index is 1.46. The minimum absolute atomic E-state index is 0.0619. The van der Waals surface area contributed by atoms with E-state index in [2.05, 4.69) is 65.7 Å². The average molecular weight is 370 g/mol. The zero-order valence-electron chi connectivity index (χ0n) is 16.8. The summed E-state index contributed by atoms with van der Waals surface area (Å²) >= 11 is 0. The van der Waals surface area contributed by atoms with Crippen molar-refractivity contribution in [1.29, 1.82) is 0 Å². The second-order valence-electron chi connectivity index (χ2n) is 7.73. The summed E-state index contributed by atoms with van der Waals surface area (Å²) in [7, 11) is 0. The molecule has 4 rings (SSSR count). The summed E-state index contributed by atoms with van der Waals surface area (Å²) in [6, 6.07) is 20.8. The highest BCUT2D eigenvalue weighted by molar-refractivity contribution is 6.05. The Kier molecular flexibility index (Phi) is 4.91. The Labute approximate surface area is 167 Å². The van der Waals surface area contributed by atoms with Gasteiger partial charge in [0.1, 0.15) is 0 Å².